The first-order chi connectivity index (χ1) is 18.1. The molecule has 184 valence electrons. The average molecular weight is 526 g/mol. The Morgan fingerprint density at radius 2 is 1.86 bits per heavy atom. The van der Waals surface area contributed by atoms with E-state index in [9.17, 15) is 10.1 Å². The lowest BCUT2D eigenvalue weighted by molar-refractivity contribution is 0.102. The molecular weight excluding hydrogens is 502 g/mol. The molecule has 0 saturated heterocycles. The molecule has 0 unspecified atom stereocenters. The topological polar surface area (TPSA) is 74.5 Å². The summed E-state index contributed by atoms with van der Waals surface area (Å²) >= 11 is 7.87. The lowest BCUT2D eigenvalue weighted by Crippen LogP contribution is -2.14. The van der Waals surface area contributed by atoms with Crippen LogP contribution in [0.2, 0.25) is 5.02 Å². The zero-order valence-electron chi connectivity index (χ0n) is 20.0. The molecule has 5 nitrogen and oxygen atoms in total. The summed E-state index contributed by atoms with van der Waals surface area (Å²) in [6, 6.07) is 24.3. The van der Waals surface area contributed by atoms with Crippen molar-refractivity contribution >= 4 is 45.7 Å². The van der Waals surface area contributed by atoms with E-state index in [0.29, 0.717) is 32.5 Å². The van der Waals surface area contributed by atoms with Crippen molar-refractivity contribution < 1.29 is 9.53 Å². The number of hydrogen-bond donors (Lipinski definition) is 1. The maximum atomic E-state index is 13.4. The Morgan fingerprint density at radius 3 is 2.70 bits per heavy atom. The molecule has 0 atom stereocenters. The first-order valence-corrected chi connectivity index (χ1v) is 13.3. The van der Waals surface area contributed by atoms with Gasteiger partial charge in [-0.25, -0.2) is 4.99 Å². The van der Waals surface area contributed by atoms with Gasteiger partial charge < -0.3 is 10.1 Å². The minimum atomic E-state index is -0.145. The van der Waals surface area contributed by atoms with Crippen LogP contribution in [-0.2, 0) is 19.4 Å². The third kappa shape index (κ3) is 5.75. The fourth-order valence-corrected chi connectivity index (χ4v) is 5.79. The Labute approximate surface area is 225 Å². The number of carbonyl (C=O) groups excluding carboxylic acids is 1. The van der Waals surface area contributed by atoms with Crippen LogP contribution in [0.1, 0.15) is 50.3 Å². The van der Waals surface area contributed by atoms with E-state index in [0.717, 1.165) is 42.5 Å². The van der Waals surface area contributed by atoms with Gasteiger partial charge in [-0.3, -0.25) is 4.79 Å². The summed E-state index contributed by atoms with van der Waals surface area (Å²) in [6.07, 6.45) is 5.73. The van der Waals surface area contributed by atoms with E-state index in [1.165, 1.54) is 4.88 Å². The second-order valence-electron chi connectivity index (χ2n) is 8.71. The zero-order chi connectivity index (χ0) is 25.6. The van der Waals surface area contributed by atoms with Gasteiger partial charge in [-0.15, -0.1) is 11.3 Å². The summed E-state index contributed by atoms with van der Waals surface area (Å²) in [5.41, 5.74) is 4.57. The third-order valence-corrected chi connectivity index (χ3v) is 7.66. The molecule has 7 heteroatoms. The molecule has 3 aromatic carbocycles. The fraction of sp³-hybridized carbons (Fsp3) is 0.167. The number of thiophene rings is 1. The average Bonchev–Trinajstić information content (AvgIpc) is 3.30. The van der Waals surface area contributed by atoms with Crippen molar-refractivity contribution in [3.63, 3.8) is 0 Å². The number of carbonyl (C=O) groups is 1. The number of para-hydroxylation sites is 1. The van der Waals surface area contributed by atoms with E-state index in [1.54, 1.807) is 41.8 Å². The first-order valence-electron chi connectivity index (χ1n) is 12.1. The van der Waals surface area contributed by atoms with Crippen molar-refractivity contribution in [1.29, 1.82) is 5.26 Å². The van der Waals surface area contributed by atoms with Gasteiger partial charge in [-0.05, 0) is 67.6 Å². The number of aryl methyl sites for hydroxylation is 1. The highest BCUT2D eigenvalue weighted by Crippen LogP contribution is 2.40. The monoisotopic (exact) mass is 525 g/mol. The van der Waals surface area contributed by atoms with Crippen molar-refractivity contribution in [2.24, 2.45) is 4.99 Å². The molecule has 1 aliphatic rings. The normalized spacial score (nSPS) is 12.6. The number of nitrogens with one attached hydrogen (secondary N) is 1. The number of hydrogen-bond acceptors (Lipinski definition) is 5. The number of ether oxygens (including phenoxy) is 1. The van der Waals surface area contributed by atoms with E-state index in [1.807, 2.05) is 48.5 Å². The molecule has 0 radical (unpaired) electrons. The molecule has 0 saturated carbocycles. The molecule has 1 aromatic heterocycles. The Hall–Kier alpha value is -3.92. The summed E-state index contributed by atoms with van der Waals surface area (Å²) in [7, 11) is 0. The van der Waals surface area contributed by atoms with Gasteiger partial charge in [0.25, 0.3) is 5.91 Å². The van der Waals surface area contributed by atoms with Gasteiger partial charge in [0.15, 0.2) is 0 Å². The predicted molar refractivity (Wildman–Crippen MR) is 150 cm³/mol. The highest BCUT2D eigenvalue weighted by Gasteiger charge is 2.25. The number of nitrogens with zero attached hydrogens (tertiary/aromatic N) is 2. The van der Waals surface area contributed by atoms with Gasteiger partial charge in [0.05, 0.1) is 17.2 Å². The maximum Gasteiger partial charge on any atom is 0.259 e. The Morgan fingerprint density at radius 1 is 1.08 bits per heavy atom. The molecule has 5 rings (SSSR count). The summed E-state index contributed by atoms with van der Waals surface area (Å²) in [4.78, 5) is 19.4. The lowest BCUT2D eigenvalue weighted by Gasteiger charge is -2.13. The first kappa shape index (κ1) is 24.8. The van der Waals surface area contributed by atoms with Crippen LogP contribution in [0.25, 0.3) is 0 Å². The van der Waals surface area contributed by atoms with Gasteiger partial charge in [-0.1, -0.05) is 48.0 Å². The fourth-order valence-electron chi connectivity index (χ4n) is 4.38. The van der Waals surface area contributed by atoms with Gasteiger partial charge in [-0.2, -0.15) is 5.26 Å². The number of rotatable bonds is 7. The maximum absolute atomic E-state index is 13.4. The minimum Gasteiger partial charge on any atom is -0.488 e. The predicted octanol–water partition coefficient (Wildman–Crippen LogP) is 7.73. The molecule has 0 fully saturated rings. The lowest BCUT2D eigenvalue weighted by atomic mass is 9.95. The molecule has 1 heterocycles. The SMILES string of the molecule is N#Cc1ccccc1COc1ccc(Cl)cc1C=Nc1sc2c(c1C(=O)Nc1ccccc1)CCCC2. The highest BCUT2D eigenvalue weighted by atomic mass is 35.5. The smallest absolute Gasteiger partial charge is 0.259 e. The second kappa shape index (κ2) is 11.4. The summed E-state index contributed by atoms with van der Waals surface area (Å²) < 4.78 is 6.07. The number of nitriles is 1. The van der Waals surface area contributed by atoms with Crippen LogP contribution in [0.3, 0.4) is 0 Å². The molecule has 1 N–H and O–H groups in total. The van der Waals surface area contributed by atoms with Gasteiger partial charge in [0.1, 0.15) is 17.4 Å². The number of anilines is 1. The van der Waals surface area contributed by atoms with Crippen LogP contribution < -0.4 is 10.1 Å². The van der Waals surface area contributed by atoms with Crippen molar-refractivity contribution in [3.8, 4) is 11.8 Å². The summed E-state index contributed by atoms with van der Waals surface area (Å²) in [5, 5.41) is 13.6. The minimum absolute atomic E-state index is 0.145. The third-order valence-electron chi connectivity index (χ3n) is 6.23. The van der Waals surface area contributed by atoms with Crippen LogP contribution in [0.5, 0.6) is 5.75 Å². The van der Waals surface area contributed by atoms with Crippen LogP contribution in [0.15, 0.2) is 77.8 Å². The molecule has 1 amide bonds. The van der Waals surface area contributed by atoms with Crippen LogP contribution in [-0.4, -0.2) is 12.1 Å². The number of aliphatic imine (C=N–C) groups is 1. The van der Waals surface area contributed by atoms with Crippen molar-refractivity contribution in [2.75, 3.05) is 5.32 Å². The summed E-state index contributed by atoms with van der Waals surface area (Å²) in [6.45, 7) is 0.240. The van der Waals surface area contributed by atoms with Crippen molar-refractivity contribution in [2.45, 2.75) is 32.3 Å². The number of benzene rings is 3. The molecule has 1 aliphatic carbocycles. The largest absolute Gasteiger partial charge is 0.488 e. The van der Waals surface area contributed by atoms with Gasteiger partial charge in [0, 0.05) is 32.9 Å². The van der Waals surface area contributed by atoms with E-state index in [-0.39, 0.29) is 12.5 Å². The molecular formula is C30H24ClN3O2S. The molecule has 4 aromatic rings. The van der Waals surface area contributed by atoms with Crippen molar-refractivity contribution in [1.82, 2.24) is 0 Å². The van der Waals surface area contributed by atoms with Crippen LogP contribution in [0, 0.1) is 11.3 Å². The second-order valence-corrected chi connectivity index (χ2v) is 10.2. The number of amides is 1. The van der Waals surface area contributed by atoms with E-state index < -0.39 is 0 Å². The number of halogens is 1. The Bertz CT molecular complexity index is 1510. The van der Waals surface area contributed by atoms with Crippen LogP contribution >= 0.6 is 22.9 Å². The number of fused-ring (bicyclic) bond motifs is 1. The quantitative estimate of drug-likeness (QED) is 0.251. The zero-order valence-corrected chi connectivity index (χ0v) is 21.6. The Balaban J connectivity index is 1.44. The van der Waals surface area contributed by atoms with E-state index in [4.69, 9.17) is 21.3 Å². The van der Waals surface area contributed by atoms with E-state index in [2.05, 4.69) is 11.4 Å². The standard InChI is InChI=1S/C30H24ClN3O2S/c31-23-14-15-26(36-19-21-9-5-4-8-20(21)17-32)22(16-23)18-33-30-28(25-12-6-7-13-27(25)37-30)29(35)34-24-10-2-1-3-11-24/h1-5,8-11,14-16,18H,6-7,12-13,19H2,(H,34,35). The van der Waals surface area contributed by atoms with Gasteiger partial charge >= 0.3 is 0 Å². The molecule has 0 bridgehead atoms. The van der Waals surface area contributed by atoms with Crippen LogP contribution in [0.4, 0.5) is 10.7 Å². The molecule has 37 heavy (non-hydrogen) atoms. The van der Waals surface area contributed by atoms with Crippen molar-refractivity contribution in [3.05, 3.63) is 111 Å². The summed E-state index contributed by atoms with van der Waals surface area (Å²) in [5.74, 6) is 0.450. The van der Waals surface area contributed by atoms with E-state index >= 15 is 0 Å². The molecule has 0 aliphatic heterocycles. The van der Waals surface area contributed by atoms with Gasteiger partial charge in [0.2, 0.25) is 0 Å². The molecule has 0 spiro atoms. The highest BCUT2D eigenvalue weighted by molar-refractivity contribution is 7.16. The Kier molecular flexibility index (Phi) is 7.65.